The van der Waals surface area contributed by atoms with E-state index in [1.54, 1.807) is 0 Å². The number of benzene rings is 4. The molecule has 174 valence electrons. The quantitative estimate of drug-likeness (QED) is 0.315. The van der Waals surface area contributed by atoms with Crippen molar-refractivity contribution in [3.63, 3.8) is 0 Å². The van der Waals surface area contributed by atoms with Gasteiger partial charge in [0.05, 0.1) is 24.2 Å². The van der Waals surface area contributed by atoms with E-state index in [2.05, 4.69) is 41.0 Å². The van der Waals surface area contributed by atoms with Crippen molar-refractivity contribution >= 4 is 39.3 Å². The fraction of sp³-hybridized carbons (Fsp3) is 0.172. The first kappa shape index (κ1) is 21.8. The van der Waals surface area contributed by atoms with Gasteiger partial charge in [-0.05, 0) is 46.7 Å². The monoisotopic (exact) mass is 481 g/mol. The van der Waals surface area contributed by atoms with Gasteiger partial charge >= 0.3 is 0 Å². The Morgan fingerprint density at radius 2 is 1.69 bits per heavy atom. The molecule has 1 aromatic heterocycles. The molecule has 1 amide bonds. The first-order valence-corrected chi connectivity index (χ1v) is 12.1. The highest BCUT2D eigenvalue weighted by molar-refractivity contribution is 6.30. The molecule has 5 nitrogen and oxygen atoms in total. The molecule has 0 unspecified atom stereocenters. The molecule has 0 aliphatic carbocycles. The van der Waals surface area contributed by atoms with Crippen LogP contribution in [0.25, 0.3) is 33.2 Å². The number of ether oxygens (including phenoxy) is 1. The fourth-order valence-corrected chi connectivity index (χ4v) is 4.89. The van der Waals surface area contributed by atoms with Gasteiger partial charge in [-0.15, -0.1) is 0 Å². The number of hydrogen-bond donors (Lipinski definition) is 0. The van der Waals surface area contributed by atoms with Crippen LogP contribution in [0.4, 0.5) is 0 Å². The van der Waals surface area contributed by atoms with E-state index >= 15 is 0 Å². The van der Waals surface area contributed by atoms with Crippen LogP contribution in [-0.4, -0.2) is 46.7 Å². The SMILES string of the molecule is O=C(c1ccc2nc(-c3cccc4ccccc34)n(Cc3ccc(Cl)cc3)c2c1)N1CCOCC1. The summed E-state index contributed by atoms with van der Waals surface area (Å²) in [6.45, 7) is 2.99. The molecule has 1 aliphatic heterocycles. The minimum atomic E-state index is 0.0288. The molecule has 0 N–H and O–H groups in total. The largest absolute Gasteiger partial charge is 0.378 e. The number of amides is 1. The molecule has 35 heavy (non-hydrogen) atoms. The summed E-state index contributed by atoms with van der Waals surface area (Å²) < 4.78 is 7.62. The van der Waals surface area contributed by atoms with Gasteiger partial charge in [-0.2, -0.15) is 0 Å². The summed E-state index contributed by atoms with van der Waals surface area (Å²) in [5, 5.41) is 3.02. The number of morpholine rings is 1. The minimum Gasteiger partial charge on any atom is -0.378 e. The lowest BCUT2D eigenvalue weighted by Gasteiger charge is -2.26. The summed E-state index contributed by atoms with van der Waals surface area (Å²) >= 11 is 6.14. The van der Waals surface area contributed by atoms with Gasteiger partial charge in [-0.25, -0.2) is 4.98 Å². The molecule has 0 radical (unpaired) electrons. The smallest absolute Gasteiger partial charge is 0.254 e. The Hall–Kier alpha value is -3.67. The van der Waals surface area contributed by atoms with Gasteiger partial charge in [0.2, 0.25) is 0 Å². The van der Waals surface area contributed by atoms with Gasteiger partial charge in [0.15, 0.2) is 0 Å². The maximum atomic E-state index is 13.2. The third-order valence-electron chi connectivity index (χ3n) is 6.58. The number of hydrogen-bond acceptors (Lipinski definition) is 3. The van der Waals surface area contributed by atoms with Gasteiger partial charge in [-0.3, -0.25) is 4.79 Å². The Labute approximate surface area is 208 Å². The molecule has 4 aromatic carbocycles. The lowest BCUT2D eigenvalue weighted by Crippen LogP contribution is -2.40. The number of halogens is 1. The number of carbonyl (C=O) groups is 1. The zero-order valence-electron chi connectivity index (χ0n) is 19.2. The highest BCUT2D eigenvalue weighted by atomic mass is 35.5. The molecular weight excluding hydrogens is 458 g/mol. The molecule has 2 heterocycles. The molecule has 6 rings (SSSR count). The average molecular weight is 482 g/mol. The van der Waals surface area contributed by atoms with Gasteiger partial charge in [0.25, 0.3) is 5.91 Å². The summed E-state index contributed by atoms with van der Waals surface area (Å²) in [5.74, 6) is 0.906. The van der Waals surface area contributed by atoms with E-state index < -0.39 is 0 Å². The minimum absolute atomic E-state index is 0.0288. The van der Waals surface area contributed by atoms with Crippen LogP contribution in [-0.2, 0) is 11.3 Å². The Balaban J connectivity index is 1.52. The third-order valence-corrected chi connectivity index (χ3v) is 6.83. The van der Waals surface area contributed by atoms with E-state index in [4.69, 9.17) is 21.3 Å². The van der Waals surface area contributed by atoms with Crippen molar-refractivity contribution in [3.05, 3.63) is 101 Å². The van der Waals surface area contributed by atoms with E-state index in [1.807, 2.05) is 53.4 Å². The number of aromatic nitrogens is 2. The second-order valence-electron chi connectivity index (χ2n) is 8.78. The zero-order valence-corrected chi connectivity index (χ0v) is 19.9. The van der Waals surface area contributed by atoms with Crippen molar-refractivity contribution in [1.82, 2.24) is 14.5 Å². The van der Waals surface area contributed by atoms with Crippen LogP contribution in [0, 0.1) is 0 Å². The molecule has 1 aliphatic rings. The first-order chi connectivity index (χ1) is 17.2. The summed E-state index contributed by atoms with van der Waals surface area (Å²) in [4.78, 5) is 20.1. The standard InChI is InChI=1S/C29H24ClN3O2/c30-23-11-8-20(9-12-23)19-33-27-18-22(29(34)32-14-16-35-17-15-32)10-13-26(27)31-28(33)25-7-3-5-21-4-1-2-6-24(21)25/h1-13,18H,14-17,19H2. The van der Waals surface area contributed by atoms with E-state index in [1.165, 1.54) is 5.39 Å². The van der Waals surface area contributed by atoms with Gasteiger partial charge in [0, 0.05) is 35.8 Å². The lowest BCUT2D eigenvalue weighted by atomic mass is 10.0. The van der Waals surface area contributed by atoms with Gasteiger partial charge < -0.3 is 14.2 Å². The van der Waals surface area contributed by atoms with Crippen LogP contribution >= 0.6 is 11.6 Å². The molecule has 0 bridgehead atoms. The Kier molecular flexibility index (Phi) is 5.72. The number of rotatable bonds is 4. The number of carbonyl (C=O) groups excluding carboxylic acids is 1. The van der Waals surface area contributed by atoms with Gasteiger partial charge in [-0.1, -0.05) is 66.2 Å². The Morgan fingerprint density at radius 3 is 2.51 bits per heavy atom. The molecule has 1 fully saturated rings. The van der Waals surface area contributed by atoms with Crippen molar-refractivity contribution in [2.45, 2.75) is 6.54 Å². The fourth-order valence-electron chi connectivity index (χ4n) is 4.76. The molecule has 0 saturated carbocycles. The normalized spacial score (nSPS) is 14.0. The maximum Gasteiger partial charge on any atom is 0.254 e. The highest BCUT2D eigenvalue weighted by Crippen LogP contribution is 2.32. The van der Waals surface area contributed by atoms with Crippen LogP contribution in [0.3, 0.4) is 0 Å². The Bertz CT molecular complexity index is 1530. The number of nitrogens with zero attached hydrogens (tertiary/aromatic N) is 3. The molecule has 5 aromatic rings. The Morgan fingerprint density at radius 1 is 0.914 bits per heavy atom. The van der Waals surface area contributed by atoms with Crippen LogP contribution in [0.2, 0.25) is 5.02 Å². The van der Waals surface area contributed by atoms with Crippen molar-refractivity contribution in [3.8, 4) is 11.4 Å². The zero-order chi connectivity index (χ0) is 23.8. The van der Waals surface area contributed by atoms with Crippen molar-refractivity contribution in [1.29, 1.82) is 0 Å². The summed E-state index contributed by atoms with van der Waals surface area (Å²) in [5.41, 5.74) is 4.64. The van der Waals surface area contributed by atoms with Crippen LogP contribution in [0.15, 0.2) is 84.9 Å². The predicted molar refractivity (Wildman–Crippen MR) is 140 cm³/mol. The first-order valence-electron chi connectivity index (χ1n) is 11.8. The topological polar surface area (TPSA) is 47.4 Å². The summed E-state index contributed by atoms with van der Waals surface area (Å²) in [7, 11) is 0. The van der Waals surface area contributed by atoms with Crippen LogP contribution < -0.4 is 0 Å². The lowest BCUT2D eigenvalue weighted by molar-refractivity contribution is 0.0303. The number of fused-ring (bicyclic) bond motifs is 2. The molecule has 1 saturated heterocycles. The van der Waals surface area contributed by atoms with Crippen LogP contribution in [0.1, 0.15) is 15.9 Å². The summed E-state index contributed by atoms with van der Waals surface area (Å²) in [6.07, 6.45) is 0. The van der Waals surface area contributed by atoms with Crippen molar-refractivity contribution < 1.29 is 9.53 Å². The average Bonchev–Trinajstić information content (AvgIpc) is 3.27. The summed E-state index contributed by atoms with van der Waals surface area (Å²) in [6, 6.07) is 28.3. The number of imidazole rings is 1. The van der Waals surface area contributed by atoms with Crippen molar-refractivity contribution in [2.75, 3.05) is 26.3 Å². The second-order valence-corrected chi connectivity index (χ2v) is 9.22. The second kappa shape index (κ2) is 9.17. The van der Waals surface area contributed by atoms with E-state index in [-0.39, 0.29) is 5.91 Å². The third kappa shape index (κ3) is 4.18. The maximum absolute atomic E-state index is 13.2. The van der Waals surface area contributed by atoms with E-state index in [9.17, 15) is 4.79 Å². The van der Waals surface area contributed by atoms with Crippen LogP contribution in [0.5, 0.6) is 0 Å². The van der Waals surface area contributed by atoms with E-state index in [0.29, 0.717) is 43.4 Å². The molecular formula is C29H24ClN3O2. The molecule has 6 heteroatoms. The highest BCUT2D eigenvalue weighted by Gasteiger charge is 2.21. The predicted octanol–water partition coefficient (Wildman–Crippen LogP) is 6.03. The molecule has 0 atom stereocenters. The van der Waals surface area contributed by atoms with Crippen molar-refractivity contribution in [2.24, 2.45) is 0 Å². The molecule has 0 spiro atoms. The van der Waals surface area contributed by atoms with E-state index in [0.717, 1.165) is 33.4 Å². The van der Waals surface area contributed by atoms with Gasteiger partial charge in [0.1, 0.15) is 5.82 Å².